The van der Waals surface area contributed by atoms with Crippen LogP contribution in [-0.4, -0.2) is 11.8 Å². The molecule has 1 unspecified atom stereocenters. The summed E-state index contributed by atoms with van der Waals surface area (Å²) in [6.07, 6.45) is 2.01. The Morgan fingerprint density at radius 1 is 1.17 bits per heavy atom. The fraction of sp³-hybridized carbons (Fsp3) is 0.235. The maximum absolute atomic E-state index is 12.5. The van der Waals surface area contributed by atoms with Gasteiger partial charge in [0.15, 0.2) is 5.78 Å². The van der Waals surface area contributed by atoms with Gasteiger partial charge in [-0.2, -0.15) is 0 Å². The molecule has 4 nitrogen and oxygen atoms in total. The van der Waals surface area contributed by atoms with Gasteiger partial charge in [0.05, 0.1) is 5.02 Å². The quantitative estimate of drug-likeness (QED) is 0.267. The maximum Gasteiger partial charge on any atom is 0.173 e. The fourth-order valence-corrected chi connectivity index (χ4v) is 2.70. The molecule has 0 aromatic heterocycles. The Hall–Kier alpha value is -2.00. The number of Topliss-reactive ketones (excluding diaryl/α,β-unsaturated/α-hetero) is 1. The normalized spacial score (nSPS) is 11.6. The zero-order chi connectivity index (χ0) is 16.7. The minimum atomic E-state index is -0.778. The first kappa shape index (κ1) is 17.4. The van der Waals surface area contributed by atoms with E-state index in [0.29, 0.717) is 16.5 Å². The van der Waals surface area contributed by atoms with Gasteiger partial charge in [0, 0.05) is 15.5 Å². The number of halogens is 2. The van der Waals surface area contributed by atoms with Gasteiger partial charge in [-0.3, -0.25) is 4.79 Å². The monoisotopic (exact) mass is 347 g/mol. The molecule has 0 radical (unpaired) electrons. The van der Waals surface area contributed by atoms with Gasteiger partial charge in [0.2, 0.25) is 0 Å². The summed E-state index contributed by atoms with van der Waals surface area (Å²) in [6, 6.07) is 13.8. The molecule has 0 aliphatic heterocycles. The van der Waals surface area contributed by atoms with Gasteiger partial charge < -0.3 is 0 Å². The van der Waals surface area contributed by atoms with Crippen LogP contribution in [0, 0.1) is 0 Å². The van der Waals surface area contributed by atoms with E-state index in [1.807, 2.05) is 30.3 Å². The van der Waals surface area contributed by atoms with E-state index >= 15 is 0 Å². The largest absolute Gasteiger partial charge is 0.294 e. The molecule has 0 spiro atoms. The first-order valence-corrected chi connectivity index (χ1v) is 7.95. The zero-order valence-corrected chi connectivity index (χ0v) is 13.8. The summed E-state index contributed by atoms with van der Waals surface area (Å²) < 4.78 is 0. The molecule has 23 heavy (non-hydrogen) atoms. The van der Waals surface area contributed by atoms with Crippen molar-refractivity contribution in [2.24, 2.45) is 5.11 Å². The molecule has 0 saturated heterocycles. The second-order valence-electron chi connectivity index (χ2n) is 5.09. The number of benzene rings is 2. The van der Waals surface area contributed by atoms with Crippen molar-refractivity contribution in [1.29, 1.82) is 0 Å². The van der Waals surface area contributed by atoms with Crippen LogP contribution < -0.4 is 0 Å². The van der Waals surface area contributed by atoms with Crippen molar-refractivity contribution < 1.29 is 4.79 Å². The Morgan fingerprint density at radius 2 is 1.91 bits per heavy atom. The number of azide groups is 1. The first-order chi connectivity index (χ1) is 11.1. The van der Waals surface area contributed by atoms with Crippen LogP contribution in [0.5, 0.6) is 0 Å². The summed E-state index contributed by atoms with van der Waals surface area (Å²) in [5.41, 5.74) is 10.2. The number of hydrogen-bond donors (Lipinski definition) is 0. The Morgan fingerprint density at radius 3 is 2.61 bits per heavy atom. The highest BCUT2D eigenvalue weighted by molar-refractivity contribution is 6.36. The molecule has 0 amide bonds. The van der Waals surface area contributed by atoms with E-state index in [1.54, 1.807) is 12.1 Å². The molecule has 2 aromatic carbocycles. The van der Waals surface area contributed by atoms with Crippen molar-refractivity contribution in [2.75, 3.05) is 0 Å². The van der Waals surface area contributed by atoms with E-state index < -0.39 is 6.04 Å². The zero-order valence-electron chi connectivity index (χ0n) is 12.3. The number of hydrogen-bond acceptors (Lipinski definition) is 2. The van der Waals surface area contributed by atoms with Gasteiger partial charge in [0.1, 0.15) is 6.04 Å². The summed E-state index contributed by atoms with van der Waals surface area (Å²) in [6.45, 7) is 0. The van der Waals surface area contributed by atoms with Gasteiger partial charge in [-0.25, -0.2) is 0 Å². The molecule has 118 valence electrons. The van der Waals surface area contributed by atoms with E-state index in [0.717, 1.165) is 12.8 Å². The second-order valence-corrected chi connectivity index (χ2v) is 5.93. The molecule has 1 atom stereocenters. The highest BCUT2D eigenvalue weighted by atomic mass is 35.5. The lowest BCUT2D eigenvalue weighted by Gasteiger charge is -2.11. The van der Waals surface area contributed by atoms with Crippen LogP contribution in [0.1, 0.15) is 28.8 Å². The van der Waals surface area contributed by atoms with Gasteiger partial charge >= 0.3 is 0 Å². The average Bonchev–Trinajstić information content (AvgIpc) is 2.56. The van der Waals surface area contributed by atoms with E-state index in [4.69, 9.17) is 28.7 Å². The molecule has 6 heteroatoms. The number of aryl methyl sites for hydroxylation is 1. The Kier molecular flexibility index (Phi) is 6.48. The summed E-state index contributed by atoms with van der Waals surface area (Å²) >= 11 is 12.0. The maximum atomic E-state index is 12.5. The van der Waals surface area contributed by atoms with Gasteiger partial charge in [-0.1, -0.05) is 58.6 Å². The third-order valence-electron chi connectivity index (χ3n) is 3.47. The van der Waals surface area contributed by atoms with E-state index in [2.05, 4.69) is 10.0 Å². The lowest BCUT2D eigenvalue weighted by atomic mass is 9.98. The Bertz CT molecular complexity index is 728. The predicted molar refractivity (Wildman–Crippen MR) is 93.1 cm³/mol. The van der Waals surface area contributed by atoms with Crippen LogP contribution in [0.25, 0.3) is 10.4 Å². The SMILES string of the molecule is [N-]=[N+]=NC(CCCc1ccccc1)C(=O)c1cc(Cl)ccc1Cl. The lowest BCUT2D eigenvalue weighted by molar-refractivity contribution is 0.0956. The number of rotatable bonds is 7. The van der Waals surface area contributed by atoms with Crippen molar-refractivity contribution in [2.45, 2.75) is 25.3 Å². The second kappa shape index (κ2) is 8.59. The smallest absolute Gasteiger partial charge is 0.173 e. The number of carbonyl (C=O) groups excluding carboxylic acids is 1. The van der Waals surface area contributed by atoms with E-state index in [-0.39, 0.29) is 11.3 Å². The number of ketones is 1. The van der Waals surface area contributed by atoms with E-state index in [1.165, 1.54) is 11.6 Å². The number of nitrogens with zero attached hydrogens (tertiary/aromatic N) is 3. The standard InChI is InChI=1S/C17H15Cl2N3O/c18-13-9-10-15(19)14(11-13)17(23)16(21-22-20)8-4-7-12-5-2-1-3-6-12/h1-3,5-6,9-11,16H,4,7-8H2. The van der Waals surface area contributed by atoms with Gasteiger partial charge in [-0.15, -0.1) is 0 Å². The highest BCUT2D eigenvalue weighted by Crippen LogP contribution is 2.24. The molecule has 0 heterocycles. The highest BCUT2D eigenvalue weighted by Gasteiger charge is 2.21. The third kappa shape index (κ3) is 5.00. The van der Waals surface area contributed by atoms with Crippen LogP contribution in [0.4, 0.5) is 0 Å². The molecule has 0 aliphatic carbocycles. The summed E-state index contributed by atoms with van der Waals surface area (Å²) in [5.74, 6) is -0.302. The number of carbonyl (C=O) groups is 1. The van der Waals surface area contributed by atoms with Crippen molar-refractivity contribution in [1.82, 2.24) is 0 Å². The summed E-state index contributed by atoms with van der Waals surface area (Å²) in [7, 11) is 0. The van der Waals surface area contributed by atoms with Crippen LogP contribution in [0.3, 0.4) is 0 Å². The molecule has 2 aromatic rings. The molecular formula is C17H15Cl2N3O. The van der Waals surface area contributed by atoms with Gasteiger partial charge in [-0.05, 0) is 48.6 Å². The molecule has 2 rings (SSSR count). The third-order valence-corrected chi connectivity index (χ3v) is 4.04. The van der Waals surface area contributed by atoms with Crippen LogP contribution in [0.2, 0.25) is 10.0 Å². The fourth-order valence-electron chi connectivity index (χ4n) is 2.31. The molecule has 0 saturated carbocycles. The Labute approximate surface area is 144 Å². The van der Waals surface area contributed by atoms with Crippen molar-refractivity contribution >= 4 is 29.0 Å². The molecule has 0 aliphatic rings. The minimum absolute atomic E-state index is 0.288. The van der Waals surface area contributed by atoms with E-state index in [9.17, 15) is 4.79 Å². The van der Waals surface area contributed by atoms with Crippen LogP contribution in [0.15, 0.2) is 53.6 Å². The topological polar surface area (TPSA) is 65.8 Å². The Balaban J connectivity index is 2.07. The average molecular weight is 348 g/mol. The van der Waals surface area contributed by atoms with Crippen LogP contribution >= 0.6 is 23.2 Å². The minimum Gasteiger partial charge on any atom is -0.294 e. The summed E-state index contributed by atoms with van der Waals surface area (Å²) in [5, 5.41) is 4.36. The van der Waals surface area contributed by atoms with Crippen molar-refractivity contribution in [3.63, 3.8) is 0 Å². The molecule has 0 bridgehead atoms. The lowest BCUT2D eigenvalue weighted by Crippen LogP contribution is -2.19. The predicted octanol–water partition coefficient (Wildman–Crippen LogP) is 5.88. The first-order valence-electron chi connectivity index (χ1n) is 7.19. The molecular weight excluding hydrogens is 333 g/mol. The van der Waals surface area contributed by atoms with Crippen molar-refractivity contribution in [3.05, 3.63) is 80.1 Å². The molecule has 0 N–H and O–H groups in total. The van der Waals surface area contributed by atoms with Crippen molar-refractivity contribution in [3.8, 4) is 0 Å². The van der Waals surface area contributed by atoms with Gasteiger partial charge in [0.25, 0.3) is 0 Å². The summed E-state index contributed by atoms with van der Waals surface area (Å²) in [4.78, 5) is 15.3. The van der Waals surface area contributed by atoms with Crippen LogP contribution in [-0.2, 0) is 6.42 Å². The molecule has 0 fully saturated rings.